The number of nitro groups is 1. The molecule has 8 heteroatoms. The van der Waals surface area contributed by atoms with Crippen molar-refractivity contribution in [2.24, 2.45) is 0 Å². The predicted octanol–water partition coefficient (Wildman–Crippen LogP) is 5.47. The molecule has 0 saturated heterocycles. The summed E-state index contributed by atoms with van der Waals surface area (Å²) >= 11 is 0. The van der Waals surface area contributed by atoms with E-state index in [-0.39, 0.29) is 11.6 Å². The number of rotatable bonds is 7. The molecule has 32 heavy (non-hydrogen) atoms. The quantitative estimate of drug-likeness (QED) is 0.301. The molecule has 0 fully saturated rings. The van der Waals surface area contributed by atoms with Crippen molar-refractivity contribution < 1.29 is 9.72 Å². The summed E-state index contributed by atoms with van der Waals surface area (Å²) in [7, 11) is 0. The molecule has 0 atom stereocenters. The standard InChI is InChI=1S/C24H21N5O3/c1-2-28-23(16-22(27-28)17-8-4-3-5-9-17)25-20-10-6-7-11-21(20)26-24(30)18-12-14-19(15-13-18)29(31)32/h3-16,25H,2H2,1H3,(H,26,30). The van der Waals surface area contributed by atoms with Crippen molar-refractivity contribution >= 4 is 28.8 Å². The minimum atomic E-state index is -0.499. The van der Waals surface area contributed by atoms with E-state index in [0.717, 1.165) is 17.1 Å². The SMILES string of the molecule is CCn1nc(-c2ccccc2)cc1Nc1ccccc1NC(=O)c1ccc([N+](=O)[O-])cc1. The Morgan fingerprint density at radius 1 is 0.969 bits per heavy atom. The number of non-ortho nitro benzene ring substituents is 1. The predicted molar refractivity (Wildman–Crippen MR) is 124 cm³/mol. The Morgan fingerprint density at radius 2 is 1.62 bits per heavy atom. The number of benzene rings is 3. The van der Waals surface area contributed by atoms with Crippen molar-refractivity contribution in [1.29, 1.82) is 0 Å². The monoisotopic (exact) mass is 427 g/mol. The number of anilines is 3. The van der Waals surface area contributed by atoms with E-state index in [1.807, 2.05) is 66.2 Å². The van der Waals surface area contributed by atoms with Crippen LogP contribution in [0, 0.1) is 10.1 Å². The summed E-state index contributed by atoms with van der Waals surface area (Å²) in [5, 5.41) is 21.7. The lowest BCUT2D eigenvalue weighted by molar-refractivity contribution is -0.384. The van der Waals surface area contributed by atoms with Crippen molar-refractivity contribution in [3.8, 4) is 11.3 Å². The maximum Gasteiger partial charge on any atom is 0.269 e. The van der Waals surface area contributed by atoms with Crippen LogP contribution in [0.5, 0.6) is 0 Å². The highest BCUT2D eigenvalue weighted by atomic mass is 16.6. The lowest BCUT2D eigenvalue weighted by Gasteiger charge is -2.13. The van der Waals surface area contributed by atoms with E-state index >= 15 is 0 Å². The number of aryl methyl sites for hydroxylation is 1. The molecule has 0 unspecified atom stereocenters. The highest BCUT2D eigenvalue weighted by Crippen LogP contribution is 2.29. The van der Waals surface area contributed by atoms with E-state index in [4.69, 9.17) is 0 Å². The molecule has 4 rings (SSSR count). The Morgan fingerprint density at radius 3 is 2.28 bits per heavy atom. The van der Waals surface area contributed by atoms with Crippen LogP contribution >= 0.6 is 0 Å². The molecule has 0 aliphatic rings. The number of nitrogens with zero attached hydrogens (tertiary/aromatic N) is 3. The number of nitrogens with one attached hydrogen (secondary N) is 2. The third-order valence-corrected chi connectivity index (χ3v) is 4.93. The zero-order valence-electron chi connectivity index (χ0n) is 17.4. The van der Waals surface area contributed by atoms with Crippen LogP contribution in [-0.4, -0.2) is 20.6 Å². The summed E-state index contributed by atoms with van der Waals surface area (Å²) in [5.74, 6) is 0.437. The van der Waals surface area contributed by atoms with E-state index in [1.165, 1.54) is 24.3 Å². The summed E-state index contributed by atoms with van der Waals surface area (Å²) in [5.41, 5.74) is 3.42. The van der Waals surface area contributed by atoms with E-state index in [1.54, 1.807) is 6.07 Å². The lowest BCUT2D eigenvalue weighted by Crippen LogP contribution is -2.13. The third-order valence-electron chi connectivity index (χ3n) is 4.93. The smallest absolute Gasteiger partial charge is 0.269 e. The van der Waals surface area contributed by atoms with Crippen molar-refractivity contribution in [2.45, 2.75) is 13.5 Å². The van der Waals surface area contributed by atoms with E-state index in [9.17, 15) is 14.9 Å². The Kier molecular flexibility index (Phi) is 5.94. The Balaban J connectivity index is 1.57. The second kappa shape index (κ2) is 9.13. The average Bonchev–Trinajstić information content (AvgIpc) is 3.24. The van der Waals surface area contributed by atoms with Gasteiger partial charge < -0.3 is 10.6 Å². The van der Waals surface area contributed by atoms with Crippen molar-refractivity contribution in [2.75, 3.05) is 10.6 Å². The molecule has 8 nitrogen and oxygen atoms in total. The fraction of sp³-hybridized carbons (Fsp3) is 0.0833. The van der Waals surface area contributed by atoms with Gasteiger partial charge in [0.05, 0.1) is 22.0 Å². The lowest BCUT2D eigenvalue weighted by atomic mass is 10.1. The summed E-state index contributed by atoms with van der Waals surface area (Å²) in [6, 6.07) is 24.7. The highest BCUT2D eigenvalue weighted by molar-refractivity contribution is 6.06. The van der Waals surface area contributed by atoms with Gasteiger partial charge in [-0.15, -0.1) is 0 Å². The molecule has 4 aromatic rings. The molecule has 0 radical (unpaired) electrons. The molecular weight excluding hydrogens is 406 g/mol. The van der Waals surface area contributed by atoms with Crippen molar-refractivity contribution in [3.05, 3.63) is 101 Å². The van der Waals surface area contributed by atoms with Crippen LogP contribution in [0.15, 0.2) is 84.9 Å². The molecule has 0 spiro atoms. The molecule has 0 bridgehead atoms. The van der Waals surface area contributed by atoms with Gasteiger partial charge in [-0.25, -0.2) is 4.68 Å². The molecule has 3 aromatic carbocycles. The van der Waals surface area contributed by atoms with E-state index < -0.39 is 4.92 Å². The Labute approximate surface area is 184 Å². The fourth-order valence-electron chi connectivity index (χ4n) is 3.28. The van der Waals surface area contributed by atoms with Gasteiger partial charge in [0.2, 0.25) is 0 Å². The molecular formula is C24H21N5O3. The number of carbonyl (C=O) groups is 1. The Hall–Kier alpha value is -4.46. The number of hydrogen-bond donors (Lipinski definition) is 2. The van der Waals surface area contributed by atoms with Crippen LogP contribution in [-0.2, 0) is 6.54 Å². The maximum absolute atomic E-state index is 12.7. The van der Waals surface area contributed by atoms with Gasteiger partial charge in [0.15, 0.2) is 0 Å². The largest absolute Gasteiger partial charge is 0.339 e. The molecule has 0 saturated carbocycles. The van der Waals surface area contributed by atoms with Crippen LogP contribution in [0.2, 0.25) is 0 Å². The maximum atomic E-state index is 12.7. The number of para-hydroxylation sites is 2. The minimum absolute atomic E-state index is 0.0642. The highest BCUT2D eigenvalue weighted by Gasteiger charge is 2.14. The average molecular weight is 427 g/mol. The van der Waals surface area contributed by atoms with Gasteiger partial charge in [-0.05, 0) is 31.2 Å². The number of nitro benzene ring substituents is 1. The van der Waals surface area contributed by atoms with Gasteiger partial charge in [-0.3, -0.25) is 14.9 Å². The summed E-state index contributed by atoms with van der Waals surface area (Å²) in [4.78, 5) is 23.0. The van der Waals surface area contributed by atoms with Crippen LogP contribution in [0.3, 0.4) is 0 Å². The molecule has 0 aliphatic heterocycles. The minimum Gasteiger partial charge on any atom is -0.339 e. The van der Waals surface area contributed by atoms with Gasteiger partial charge >= 0.3 is 0 Å². The Bertz CT molecular complexity index is 1250. The number of carbonyl (C=O) groups excluding carboxylic acids is 1. The molecule has 160 valence electrons. The van der Waals surface area contributed by atoms with E-state index in [0.29, 0.717) is 23.5 Å². The second-order valence-electron chi connectivity index (χ2n) is 7.03. The number of aromatic nitrogens is 2. The fourth-order valence-corrected chi connectivity index (χ4v) is 3.28. The first-order valence-electron chi connectivity index (χ1n) is 10.1. The van der Waals surface area contributed by atoms with E-state index in [2.05, 4.69) is 15.7 Å². The van der Waals surface area contributed by atoms with Gasteiger partial charge in [-0.2, -0.15) is 5.10 Å². The molecule has 1 heterocycles. The molecule has 2 N–H and O–H groups in total. The van der Waals surface area contributed by atoms with Gasteiger partial charge in [0.1, 0.15) is 5.82 Å². The summed E-state index contributed by atoms with van der Waals surface area (Å²) < 4.78 is 1.86. The third kappa shape index (κ3) is 4.49. The van der Waals surface area contributed by atoms with Crippen molar-refractivity contribution in [1.82, 2.24) is 9.78 Å². The first-order chi connectivity index (χ1) is 15.5. The van der Waals surface area contributed by atoms with Crippen LogP contribution in [0.25, 0.3) is 11.3 Å². The topological polar surface area (TPSA) is 102 Å². The number of amides is 1. The first-order valence-corrected chi connectivity index (χ1v) is 10.1. The second-order valence-corrected chi connectivity index (χ2v) is 7.03. The normalized spacial score (nSPS) is 10.5. The molecule has 1 aromatic heterocycles. The van der Waals surface area contributed by atoms with Crippen molar-refractivity contribution in [3.63, 3.8) is 0 Å². The summed E-state index contributed by atoms with van der Waals surface area (Å²) in [6.07, 6.45) is 0. The molecule has 0 aliphatic carbocycles. The van der Waals surface area contributed by atoms with Crippen LogP contribution in [0.1, 0.15) is 17.3 Å². The molecule has 1 amide bonds. The first kappa shape index (κ1) is 20.8. The zero-order valence-corrected chi connectivity index (χ0v) is 17.4. The van der Waals surface area contributed by atoms with Gasteiger partial charge in [0, 0.05) is 35.9 Å². The van der Waals surface area contributed by atoms with Crippen LogP contribution in [0.4, 0.5) is 22.9 Å². The summed E-state index contributed by atoms with van der Waals surface area (Å²) in [6.45, 7) is 2.68. The number of hydrogen-bond acceptors (Lipinski definition) is 5. The van der Waals surface area contributed by atoms with Crippen LogP contribution < -0.4 is 10.6 Å². The zero-order chi connectivity index (χ0) is 22.5. The van der Waals surface area contributed by atoms with Gasteiger partial charge in [-0.1, -0.05) is 42.5 Å². The van der Waals surface area contributed by atoms with Gasteiger partial charge in [0.25, 0.3) is 11.6 Å².